The summed E-state index contributed by atoms with van der Waals surface area (Å²) in [5.41, 5.74) is 0.899. The number of nitrogens with zero attached hydrogens (tertiary/aromatic N) is 4. The Hall–Kier alpha value is -2.34. The number of carbonyl (C=O) groups excluding carboxylic acids is 1. The number of aromatic nitrogens is 4. The van der Waals surface area contributed by atoms with Crippen LogP contribution in [0.25, 0.3) is 5.69 Å². The minimum atomic E-state index is 0.127. The van der Waals surface area contributed by atoms with E-state index < -0.39 is 0 Å². The molecule has 0 amide bonds. The van der Waals surface area contributed by atoms with Crippen molar-refractivity contribution in [3.8, 4) is 5.69 Å². The van der Waals surface area contributed by atoms with E-state index in [-0.39, 0.29) is 5.78 Å². The number of para-hydroxylation sites is 1. The lowest BCUT2D eigenvalue weighted by Gasteiger charge is -2.03. The van der Waals surface area contributed by atoms with Crippen LogP contribution in [0.5, 0.6) is 0 Å². The number of tetrazole rings is 1. The molecule has 2 heterocycles. The van der Waals surface area contributed by atoms with Crippen LogP contribution in [0.1, 0.15) is 21.9 Å². The molecule has 0 fully saturated rings. The van der Waals surface area contributed by atoms with Gasteiger partial charge >= 0.3 is 0 Å². The molecule has 0 saturated heterocycles. The number of benzene rings is 1. The monoisotopic (exact) mass is 284 g/mol. The van der Waals surface area contributed by atoms with Gasteiger partial charge in [0, 0.05) is 12.8 Å². The molecule has 0 aliphatic carbocycles. The highest BCUT2D eigenvalue weighted by molar-refractivity contribution is 7.12. The Bertz CT molecular complexity index is 691. The van der Waals surface area contributed by atoms with Crippen LogP contribution in [0.3, 0.4) is 0 Å². The average molecular weight is 284 g/mol. The molecule has 3 aromatic rings. The number of carbonyl (C=O) groups is 1. The summed E-state index contributed by atoms with van der Waals surface area (Å²) in [4.78, 5) is 12.8. The van der Waals surface area contributed by atoms with E-state index >= 15 is 0 Å². The van der Waals surface area contributed by atoms with E-state index in [1.807, 2.05) is 47.8 Å². The number of thiophene rings is 1. The maximum absolute atomic E-state index is 12.0. The lowest BCUT2D eigenvalue weighted by atomic mass is 10.2. The standard InChI is InChI=1S/C14H12N4OS/c19-12(13-7-4-10-20-13)8-9-14-15-16-17-18(14)11-5-2-1-3-6-11/h1-7,10H,8-9H2. The molecular formula is C14H12N4OS. The summed E-state index contributed by atoms with van der Waals surface area (Å²) < 4.78 is 1.67. The summed E-state index contributed by atoms with van der Waals surface area (Å²) >= 11 is 1.46. The van der Waals surface area contributed by atoms with Crippen molar-refractivity contribution < 1.29 is 4.79 Å². The Morgan fingerprint density at radius 3 is 2.75 bits per heavy atom. The zero-order valence-electron chi connectivity index (χ0n) is 10.6. The largest absolute Gasteiger partial charge is 0.293 e. The van der Waals surface area contributed by atoms with E-state index in [2.05, 4.69) is 15.5 Å². The van der Waals surface area contributed by atoms with Gasteiger partial charge in [0.05, 0.1) is 10.6 Å². The molecule has 0 spiro atoms. The van der Waals surface area contributed by atoms with Crippen LogP contribution in [0.4, 0.5) is 0 Å². The molecule has 0 unspecified atom stereocenters. The van der Waals surface area contributed by atoms with Crippen LogP contribution < -0.4 is 0 Å². The highest BCUT2D eigenvalue weighted by atomic mass is 32.1. The zero-order chi connectivity index (χ0) is 13.8. The summed E-state index contributed by atoms with van der Waals surface area (Å²) in [6.45, 7) is 0. The van der Waals surface area contributed by atoms with E-state index in [0.717, 1.165) is 10.6 Å². The van der Waals surface area contributed by atoms with Gasteiger partial charge in [-0.25, -0.2) is 0 Å². The Kier molecular flexibility index (Phi) is 3.64. The molecule has 6 heteroatoms. The minimum absolute atomic E-state index is 0.127. The third kappa shape index (κ3) is 2.65. The first-order chi connectivity index (χ1) is 9.84. The topological polar surface area (TPSA) is 60.7 Å². The second-order valence-electron chi connectivity index (χ2n) is 4.24. The quantitative estimate of drug-likeness (QED) is 0.675. The maximum Gasteiger partial charge on any atom is 0.173 e. The molecular weight excluding hydrogens is 272 g/mol. The fourth-order valence-electron chi connectivity index (χ4n) is 1.92. The lowest BCUT2D eigenvalue weighted by molar-refractivity contribution is 0.0986. The van der Waals surface area contributed by atoms with Gasteiger partial charge in [-0.3, -0.25) is 4.79 Å². The van der Waals surface area contributed by atoms with E-state index in [9.17, 15) is 4.79 Å². The fourth-order valence-corrected chi connectivity index (χ4v) is 2.61. The summed E-state index contributed by atoms with van der Waals surface area (Å²) in [5.74, 6) is 0.823. The Labute approximate surface area is 119 Å². The van der Waals surface area contributed by atoms with Crippen LogP contribution >= 0.6 is 11.3 Å². The molecule has 0 radical (unpaired) electrons. The van der Waals surface area contributed by atoms with E-state index in [1.165, 1.54) is 11.3 Å². The number of hydrogen-bond donors (Lipinski definition) is 0. The molecule has 0 aliphatic heterocycles. The van der Waals surface area contributed by atoms with Gasteiger partial charge in [0.1, 0.15) is 0 Å². The molecule has 1 aromatic carbocycles. The van der Waals surface area contributed by atoms with Crippen molar-refractivity contribution in [2.75, 3.05) is 0 Å². The Morgan fingerprint density at radius 1 is 1.15 bits per heavy atom. The van der Waals surface area contributed by atoms with Gasteiger partial charge in [-0.15, -0.1) is 16.4 Å². The van der Waals surface area contributed by atoms with Crippen molar-refractivity contribution in [1.82, 2.24) is 20.2 Å². The van der Waals surface area contributed by atoms with Crippen molar-refractivity contribution >= 4 is 17.1 Å². The van der Waals surface area contributed by atoms with Gasteiger partial charge in [0.15, 0.2) is 11.6 Å². The summed E-state index contributed by atoms with van der Waals surface area (Å²) in [5, 5.41) is 13.6. The van der Waals surface area contributed by atoms with Crippen LogP contribution in [0, 0.1) is 0 Å². The van der Waals surface area contributed by atoms with Crippen LogP contribution in [0.2, 0.25) is 0 Å². The predicted molar refractivity (Wildman–Crippen MR) is 76.1 cm³/mol. The second kappa shape index (κ2) is 5.75. The number of ketones is 1. The molecule has 0 aliphatic rings. The van der Waals surface area contributed by atoms with Crippen LogP contribution in [-0.4, -0.2) is 26.0 Å². The smallest absolute Gasteiger partial charge is 0.173 e. The summed E-state index contributed by atoms with van der Waals surface area (Å²) in [7, 11) is 0. The number of rotatable bonds is 5. The van der Waals surface area contributed by atoms with Gasteiger partial charge in [-0.05, 0) is 34.0 Å². The third-order valence-corrected chi connectivity index (χ3v) is 3.82. The van der Waals surface area contributed by atoms with E-state index in [4.69, 9.17) is 0 Å². The van der Waals surface area contributed by atoms with Gasteiger partial charge in [-0.2, -0.15) is 4.68 Å². The third-order valence-electron chi connectivity index (χ3n) is 2.91. The zero-order valence-corrected chi connectivity index (χ0v) is 11.5. The highest BCUT2D eigenvalue weighted by Gasteiger charge is 2.12. The van der Waals surface area contributed by atoms with Gasteiger partial charge in [0.2, 0.25) is 0 Å². The molecule has 0 saturated carbocycles. The normalized spacial score (nSPS) is 10.6. The SMILES string of the molecule is O=C(CCc1nnnn1-c1ccccc1)c1cccs1. The molecule has 2 aromatic heterocycles. The van der Waals surface area contributed by atoms with Crippen molar-refractivity contribution in [3.05, 3.63) is 58.5 Å². The maximum atomic E-state index is 12.0. The second-order valence-corrected chi connectivity index (χ2v) is 5.19. The highest BCUT2D eigenvalue weighted by Crippen LogP contribution is 2.14. The van der Waals surface area contributed by atoms with Crippen LogP contribution in [-0.2, 0) is 6.42 Å². The molecule has 0 N–H and O–H groups in total. The van der Waals surface area contributed by atoms with Crippen molar-refractivity contribution in [3.63, 3.8) is 0 Å². The first-order valence-corrected chi connectivity index (χ1v) is 7.12. The van der Waals surface area contributed by atoms with Gasteiger partial charge in [0.25, 0.3) is 0 Å². The summed E-state index contributed by atoms with van der Waals surface area (Å²) in [6, 6.07) is 13.4. The minimum Gasteiger partial charge on any atom is -0.293 e. The van der Waals surface area contributed by atoms with Crippen LogP contribution in [0.15, 0.2) is 47.8 Å². The number of hydrogen-bond acceptors (Lipinski definition) is 5. The van der Waals surface area contributed by atoms with Crippen molar-refractivity contribution in [2.24, 2.45) is 0 Å². The lowest BCUT2D eigenvalue weighted by Crippen LogP contribution is -2.06. The van der Waals surface area contributed by atoms with E-state index in [0.29, 0.717) is 18.7 Å². The Balaban J connectivity index is 1.73. The Morgan fingerprint density at radius 2 is 2.00 bits per heavy atom. The molecule has 0 bridgehead atoms. The van der Waals surface area contributed by atoms with Crippen molar-refractivity contribution in [2.45, 2.75) is 12.8 Å². The fraction of sp³-hybridized carbons (Fsp3) is 0.143. The van der Waals surface area contributed by atoms with Crippen molar-refractivity contribution in [1.29, 1.82) is 0 Å². The van der Waals surface area contributed by atoms with E-state index in [1.54, 1.807) is 4.68 Å². The predicted octanol–water partition coefficient (Wildman–Crippen LogP) is 2.54. The molecule has 0 atom stereocenters. The number of aryl methyl sites for hydroxylation is 1. The molecule has 3 rings (SSSR count). The summed E-state index contributed by atoms with van der Waals surface area (Å²) in [6.07, 6.45) is 0.937. The van der Waals surface area contributed by atoms with Gasteiger partial charge < -0.3 is 0 Å². The molecule has 5 nitrogen and oxygen atoms in total. The first-order valence-electron chi connectivity index (χ1n) is 6.24. The first kappa shape index (κ1) is 12.7. The number of Topliss-reactive ketones (excluding diaryl/α,β-unsaturated/α-hetero) is 1. The van der Waals surface area contributed by atoms with Gasteiger partial charge in [-0.1, -0.05) is 24.3 Å². The average Bonchev–Trinajstić information content (AvgIpc) is 3.17. The molecule has 20 heavy (non-hydrogen) atoms. The molecule has 100 valence electrons.